The van der Waals surface area contributed by atoms with Crippen LogP contribution in [-0.2, 0) is 4.74 Å². The van der Waals surface area contributed by atoms with Crippen LogP contribution in [0.4, 0.5) is 0 Å². The summed E-state index contributed by atoms with van der Waals surface area (Å²) in [5.41, 5.74) is 6.68. The van der Waals surface area contributed by atoms with Gasteiger partial charge >= 0.3 is 0 Å². The van der Waals surface area contributed by atoms with Crippen molar-refractivity contribution < 1.29 is 9.26 Å². The molecule has 1 atom stereocenters. The third-order valence-corrected chi connectivity index (χ3v) is 3.88. The molecule has 2 aromatic rings. The normalized spacial score (nSPS) is 16.7. The van der Waals surface area contributed by atoms with Crippen LogP contribution in [0.3, 0.4) is 0 Å². The van der Waals surface area contributed by atoms with Gasteiger partial charge in [0, 0.05) is 15.6 Å². The molecule has 7 heteroatoms. The minimum Gasteiger partial charge on any atom is -0.376 e. The maximum Gasteiger partial charge on any atom is 0.258 e. The molecule has 1 heterocycles. The van der Waals surface area contributed by atoms with Gasteiger partial charge in [0.15, 0.2) is 5.82 Å². The third kappa shape index (κ3) is 3.55. The molecule has 1 unspecified atom stereocenters. The van der Waals surface area contributed by atoms with Crippen LogP contribution in [0.5, 0.6) is 0 Å². The van der Waals surface area contributed by atoms with Crippen molar-refractivity contribution in [2.75, 3.05) is 6.61 Å². The molecule has 0 aliphatic heterocycles. The molecule has 0 bridgehead atoms. The van der Waals surface area contributed by atoms with Gasteiger partial charge in [0.05, 0.1) is 18.8 Å². The molecule has 1 saturated carbocycles. The average molecular weight is 328 g/mol. The number of hydrogen-bond acceptors (Lipinski definition) is 5. The van der Waals surface area contributed by atoms with E-state index in [4.69, 9.17) is 38.2 Å². The van der Waals surface area contributed by atoms with Crippen LogP contribution < -0.4 is 5.73 Å². The second kappa shape index (κ2) is 6.32. The molecule has 1 fully saturated rings. The monoisotopic (exact) mass is 327 g/mol. The first-order chi connectivity index (χ1) is 10.1. The van der Waals surface area contributed by atoms with Gasteiger partial charge < -0.3 is 15.0 Å². The van der Waals surface area contributed by atoms with Crippen molar-refractivity contribution in [2.24, 2.45) is 5.73 Å². The van der Waals surface area contributed by atoms with Crippen LogP contribution in [0.25, 0.3) is 11.5 Å². The Balaban J connectivity index is 1.69. The van der Waals surface area contributed by atoms with Crippen molar-refractivity contribution in [2.45, 2.75) is 31.4 Å². The molecule has 1 aromatic carbocycles. The van der Waals surface area contributed by atoms with Gasteiger partial charge in [0.25, 0.3) is 5.89 Å². The Morgan fingerprint density at radius 3 is 2.62 bits per heavy atom. The van der Waals surface area contributed by atoms with E-state index in [1.165, 1.54) is 6.42 Å². The molecule has 1 aromatic heterocycles. The average Bonchev–Trinajstić information content (AvgIpc) is 2.85. The van der Waals surface area contributed by atoms with E-state index in [0.29, 0.717) is 40.0 Å². The third-order valence-electron chi connectivity index (χ3n) is 3.45. The molecule has 2 N–H and O–H groups in total. The Bertz CT molecular complexity index is 608. The maximum atomic E-state index is 6.01. The largest absolute Gasteiger partial charge is 0.376 e. The number of benzene rings is 1. The Kier molecular flexibility index (Phi) is 4.45. The number of nitrogens with zero attached hydrogens (tertiary/aromatic N) is 2. The van der Waals surface area contributed by atoms with Gasteiger partial charge in [-0.15, -0.1) is 0 Å². The maximum absolute atomic E-state index is 6.01. The lowest BCUT2D eigenvalue weighted by Crippen LogP contribution is -2.27. The topological polar surface area (TPSA) is 74.2 Å². The Morgan fingerprint density at radius 1 is 1.29 bits per heavy atom. The van der Waals surface area contributed by atoms with Crippen LogP contribution in [0.2, 0.25) is 10.0 Å². The van der Waals surface area contributed by atoms with Gasteiger partial charge in [0.1, 0.15) is 0 Å². The van der Waals surface area contributed by atoms with Gasteiger partial charge in [-0.1, -0.05) is 28.4 Å². The predicted molar refractivity (Wildman–Crippen MR) is 80.3 cm³/mol. The number of hydrogen-bond donors (Lipinski definition) is 1. The molecular weight excluding hydrogens is 313 g/mol. The molecule has 1 aliphatic carbocycles. The first-order valence-corrected chi connectivity index (χ1v) is 7.54. The zero-order chi connectivity index (χ0) is 14.8. The first kappa shape index (κ1) is 14.8. The zero-order valence-electron chi connectivity index (χ0n) is 11.3. The lowest BCUT2D eigenvalue weighted by molar-refractivity contribution is -0.00549. The highest BCUT2D eigenvalue weighted by Gasteiger charge is 2.21. The number of aromatic nitrogens is 2. The highest BCUT2D eigenvalue weighted by Crippen LogP contribution is 2.27. The van der Waals surface area contributed by atoms with Crippen LogP contribution in [-0.4, -0.2) is 22.9 Å². The van der Waals surface area contributed by atoms with Crippen molar-refractivity contribution in [1.29, 1.82) is 0 Å². The van der Waals surface area contributed by atoms with E-state index in [9.17, 15) is 0 Å². The molecule has 3 rings (SSSR count). The molecular formula is C14H15Cl2N3O2. The smallest absolute Gasteiger partial charge is 0.258 e. The molecule has 21 heavy (non-hydrogen) atoms. The van der Waals surface area contributed by atoms with Crippen LogP contribution in [0.15, 0.2) is 22.7 Å². The van der Waals surface area contributed by atoms with E-state index >= 15 is 0 Å². The highest BCUT2D eigenvalue weighted by atomic mass is 35.5. The highest BCUT2D eigenvalue weighted by molar-refractivity contribution is 6.35. The van der Waals surface area contributed by atoms with Crippen molar-refractivity contribution in [1.82, 2.24) is 10.1 Å². The molecule has 1 aliphatic rings. The minimum atomic E-state index is -0.405. The number of ether oxygens (including phenoxy) is 1. The van der Waals surface area contributed by atoms with Gasteiger partial charge in [-0.25, -0.2) is 0 Å². The van der Waals surface area contributed by atoms with Crippen LogP contribution in [0.1, 0.15) is 31.1 Å². The SMILES string of the molecule is NC(COC1CCC1)c1noc(-c2cc(Cl)cc(Cl)c2)n1. The second-order valence-electron chi connectivity index (χ2n) is 5.11. The molecule has 0 amide bonds. The summed E-state index contributed by atoms with van der Waals surface area (Å²) in [6, 6.07) is 4.65. The van der Waals surface area contributed by atoms with Crippen molar-refractivity contribution in [3.05, 3.63) is 34.1 Å². The summed E-state index contributed by atoms with van der Waals surface area (Å²) < 4.78 is 10.9. The number of halogens is 2. The van der Waals surface area contributed by atoms with Crippen LogP contribution in [0, 0.1) is 0 Å². The fourth-order valence-electron chi connectivity index (χ4n) is 2.03. The number of rotatable bonds is 5. The van der Waals surface area contributed by atoms with Gasteiger partial charge in [-0.2, -0.15) is 4.98 Å². The lowest BCUT2D eigenvalue weighted by Gasteiger charge is -2.26. The van der Waals surface area contributed by atoms with Crippen molar-refractivity contribution in [3.8, 4) is 11.5 Å². The van der Waals surface area contributed by atoms with Crippen molar-refractivity contribution in [3.63, 3.8) is 0 Å². The summed E-state index contributed by atoms with van der Waals surface area (Å²) in [6.07, 6.45) is 3.76. The molecule has 0 radical (unpaired) electrons. The van der Waals surface area contributed by atoms with E-state index in [-0.39, 0.29) is 0 Å². The Labute approximate surface area is 132 Å². The minimum absolute atomic E-state index is 0.328. The summed E-state index contributed by atoms with van der Waals surface area (Å²) in [4.78, 5) is 4.28. The van der Waals surface area contributed by atoms with E-state index in [2.05, 4.69) is 10.1 Å². The van der Waals surface area contributed by atoms with E-state index < -0.39 is 6.04 Å². The van der Waals surface area contributed by atoms with E-state index in [1.54, 1.807) is 18.2 Å². The second-order valence-corrected chi connectivity index (χ2v) is 5.98. The fraction of sp³-hybridized carbons (Fsp3) is 0.429. The molecule has 112 valence electrons. The predicted octanol–water partition coefficient (Wildman–Crippen LogP) is 3.61. The van der Waals surface area contributed by atoms with Gasteiger partial charge in [0.2, 0.25) is 0 Å². The molecule has 5 nitrogen and oxygen atoms in total. The zero-order valence-corrected chi connectivity index (χ0v) is 12.8. The van der Waals surface area contributed by atoms with Crippen molar-refractivity contribution >= 4 is 23.2 Å². The van der Waals surface area contributed by atoms with E-state index in [0.717, 1.165) is 12.8 Å². The van der Waals surface area contributed by atoms with Gasteiger partial charge in [-0.05, 0) is 37.5 Å². The summed E-state index contributed by atoms with van der Waals surface area (Å²) >= 11 is 11.9. The molecule has 0 spiro atoms. The Morgan fingerprint density at radius 2 is 2.00 bits per heavy atom. The summed E-state index contributed by atoms with van der Waals surface area (Å²) in [6.45, 7) is 0.389. The van der Waals surface area contributed by atoms with E-state index in [1.807, 2.05) is 0 Å². The quantitative estimate of drug-likeness (QED) is 0.907. The lowest BCUT2D eigenvalue weighted by atomic mass is 9.96. The van der Waals surface area contributed by atoms with Gasteiger partial charge in [-0.3, -0.25) is 0 Å². The first-order valence-electron chi connectivity index (χ1n) is 6.79. The number of nitrogens with two attached hydrogens (primary N) is 1. The molecule has 0 saturated heterocycles. The summed E-state index contributed by atoms with van der Waals surface area (Å²) in [5.74, 6) is 0.758. The standard InChI is InChI=1S/C14H15Cl2N3O2/c15-9-4-8(5-10(16)6-9)14-18-13(19-21-14)12(17)7-20-11-2-1-3-11/h4-6,11-12H,1-3,7,17H2. The summed E-state index contributed by atoms with van der Waals surface area (Å²) in [5, 5.41) is 4.91. The summed E-state index contributed by atoms with van der Waals surface area (Å²) in [7, 11) is 0. The van der Waals surface area contributed by atoms with Crippen LogP contribution >= 0.6 is 23.2 Å². The Hall–Kier alpha value is -1.14. The fourth-order valence-corrected chi connectivity index (χ4v) is 2.56.